The van der Waals surface area contributed by atoms with E-state index in [4.69, 9.17) is 0 Å². The molecule has 6 heteroatoms. The highest BCUT2D eigenvalue weighted by Gasteiger charge is 2.61. The van der Waals surface area contributed by atoms with Gasteiger partial charge in [-0.05, 0) is 69.4 Å². The van der Waals surface area contributed by atoms with Crippen molar-refractivity contribution in [3.05, 3.63) is 29.6 Å². The molecule has 4 rings (SSSR count). The molecular weight excluding hydrogens is 371 g/mol. The number of phenols is 1. The summed E-state index contributed by atoms with van der Waals surface area (Å²) < 4.78 is 13.4. The van der Waals surface area contributed by atoms with E-state index in [0.29, 0.717) is 12.3 Å². The summed E-state index contributed by atoms with van der Waals surface area (Å²) in [5.74, 6) is -0.635. The van der Waals surface area contributed by atoms with Gasteiger partial charge in [0, 0.05) is 24.2 Å². The van der Waals surface area contributed by atoms with Crippen molar-refractivity contribution in [2.75, 3.05) is 0 Å². The van der Waals surface area contributed by atoms with Crippen molar-refractivity contribution in [2.24, 2.45) is 11.3 Å². The molecule has 3 aliphatic rings. The smallest absolute Gasteiger partial charge is 0.258 e. The Morgan fingerprint density at radius 2 is 2.03 bits per heavy atom. The van der Waals surface area contributed by atoms with Crippen LogP contribution in [0, 0.1) is 17.2 Å². The Labute approximate surface area is 171 Å². The van der Waals surface area contributed by atoms with Crippen LogP contribution in [0.2, 0.25) is 0 Å². The number of hydrogen-bond donors (Lipinski definition) is 2. The van der Waals surface area contributed by atoms with Crippen LogP contribution in [-0.4, -0.2) is 39.9 Å². The van der Waals surface area contributed by atoms with E-state index in [1.54, 1.807) is 0 Å². The maximum absolute atomic E-state index is 13.4. The molecule has 5 nitrogen and oxygen atoms in total. The van der Waals surface area contributed by atoms with E-state index in [1.165, 1.54) is 12.1 Å². The lowest BCUT2D eigenvalue weighted by Crippen LogP contribution is -2.53. The summed E-state index contributed by atoms with van der Waals surface area (Å²) in [6.45, 7) is 4.31. The fourth-order valence-electron chi connectivity index (χ4n) is 5.37. The molecule has 1 saturated carbocycles. The van der Waals surface area contributed by atoms with Gasteiger partial charge in [-0.2, -0.15) is 0 Å². The molecule has 3 fully saturated rings. The molecule has 0 aromatic heterocycles. The fourth-order valence-corrected chi connectivity index (χ4v) is 5.37. The largest absolute Gasteiger partial charge is 0.507 e. The van der Waals surface area contributed by atoms with Crippen LogP contribution in [0.5, 0.6) is 5.75 Å². The predicted octanol–water partition coefficient (Wildman–Crippen LogP) is 4.00. The highest BCUT2D eigenvalue weighted by atomic mass is 19.1. The van der Waals surface area contributed by atoms with Crippen LogP contribution < -0.4 is 5.32 Å². The molecule has 3 atom stereocenters. The van der Waals surface area contributed by atoms with Crippen LogP contribution in [0.25, 0.3) is 0 Å². The summed E-state index contributed by atoms with van der Waals surface area (Å²) in [6, 6.07) is 3.61. The number of nitrogens with zero attached hydrogens (tertiary/aromatic N) is 1. The van der Waals surface area contributed by atoms with Gasteiger partial charge in [-0.25, -0.2) is 4.39 Å². The van der Waals surface area contributed by atoms with Crippen molar-refractivity contribution in [1.29, 1.82) is 0 Å². The third-order valence-corrected chi connectivity index (χ3v) is 7.23. The summed E-state index contributed by atoms with van der Waals surface area (Å²) >= 11 is 0. The lowest BCUT2D eigenvalue weighted by molar-refractivity contribution is -0.134. The Balaban J connectivity index is 1.62. The second-order valence-corrected chi connectivity index (χ2v) is 9.51. The average Bonchev–Trinajstić information content (AvgIpc) is 3.18. The minimum Gasteiger partial charge on any atom is -0.507 e. The average molecular weight is 403 g/mol. The van der Waals surface area contributed by atoms with Crippen LogP contribution in [0.15, 0.2) is 18.2 Å². The van der Waals surface area contributed by atoms with E-state index in [0.717, 1.165) is 51.0 Å². The Kier molecular flexibility index (Phi) is 5.30. The van der Waals surface area contributed by atoms with Crippen LogP contribution in [-0.2, 0) is 4.79 Å². The van der Waals surface area contributed by atoms with Gasteiger partial charge in [0.05, 0.1) is 11.0 Å². The molecule has 158 valence electrons. The number of benzene rings is 1. The molecular formula is C23H31FN2O3. The van der Waals surface area contributed by atoms with Crippen molar-refractivity contribution in [2.45, 2.75) is 83.3 Å². The Morgan fingerprint density at radius 3 is 2.66 bits per heavy atom. The molecule has 2 aliphatic heterocycles. The Bertz CT molecular complexity index is 807. The molecule has 1 aromatic rings. The van der Waals surface area contributed by atoms with Gasteiger partial charge < -0.3 is 15.3 Å². The zero-order chi connectivity index (χ0) is 20.8. The van der Waals surface area contributed by atoms with Gasteiger partial charge >= 0.3 is 0 Å². The van der Waals surface area contributed by atoms with E-state index in [-0.39, 0.29) is 41.3 Å². The highest BCUT2D eigenvalue weighted by Crippen LogP contribution is 2.53. The Morgan fingerprint density at radius 1 is 1.28 bits per heavy atom. The topological polar surface area (TPSA) is 69.6 Å². The standard InChI is InChI=1S/C23H31FN2O3/c1-14(2)10-11-23(22(29)25-16-4-3-5-16)13-17-7-9-20(23)26(17)21(28)18-8-6-15(24)12-19(18)27/h6,8,12,14,16-17,20,27H,3-5,7,9-11,13H2,1-2H3,(H,25,29)/t17-,20+,23+/m1/s1. The van der Waals surface area contributed by atoms with Gasteiger partial charge in [0.1, 0.15) is 11.6 Å². The first-order chi connectivity index (χ1) is 13.8. The van der Waals surface area contributed by atoms with Gasteiger partial charge in [0.25, 0.3) is 5.91 Å². The molecule has 2 amide bonds. The maximum atomic E-state index is 13.4. The van der Waals surface area contributed by atoms with E-state index in [1.807, 2.05) is 4.90 Å². The lowest BCUT2D eigenvalue weighted by atomic mass is 9.69. The summed E-state index contributed by atoms with van der Waals surface area (Å²) in [4.78, 5) is 28.5. The van der Waals surface area contributed by atoms with E-state index in [2.05, 4.69) is 19.2 Å². The zero-order valence-corrected chi connectivity index (χ0v) is 17.3. The quantitative estimate of drug-likeness (QED) is 0.756. The first kappa shape index (κ1) is 20.2. The maximum Gasteiger partial charge on any atom is 0.258 e. The van der Waals surface area contributed by atoms with Crippen molar-refractivity contribution >= 4 is 11.8 Å². The van der Waals surface area contributed by atoms with Crippen molar-refractivity contribution in [1.82, 2.24) is 10.2 Å². The number of rotatable bonds is 6. The number of fused-ring (bicyclic) bond motifs is 2. The van der Waals surface area contributed by atoms with E-state index < -0.39 is 11.2 Å². The summed E-state index contributed by atoms with van der Waals surface area (Å²) in [7, 11) is 0. The van der Waals surface area contributed by atoms with Gasteiger partial charge in [0.2, 0.25) is 5.91 Å². The van der Waals surface area contributed by atoms with Crippen molar-refractivity contribution < 1.29 is 19.1 Å². The van der Waals surface area contributed by atoms with Gasteiger partial charge in [0.15, 0.2) is 0 Å². The first-order valence-corrected chi connectivity index (χ1v) is 10.9. The number of carbonyl (C=O) groups excluding carboxylic acids is 2. The molecule has 1 aliphatic carbocycles. The van der Waals surface area contributed by atoms with Crippen LogP contribution in [0.3, 0.4) is 0 Å². The highest BCUT2D eigenvalue weighted by molar-refractivity contribution is 5.98. The number of hydrogen-bond acceptors (Lipinski definition) is 3. The number of phenolic OH excluding ortho intramolecular Hbond substituents is 1. The summed E-state index contributed by atoms with van der Waals surface area (Å²) in [5.41, 5.74) is -0.448. The number of halogens is 1. The molecule has 2 bridgehead atoms. The van der Waals surface area contributed by atoms with Crippen LogP contribution >= 0.6 is 0 Å². The second-order valence-electron chi connectivity index (χ2n) is 9.51. The molecule has 0 radical (unpaired) electrons. The monoisotopic (exact) mass is 402 g/mol. The van der Waals surface area contributed by atoms with Gasteiger partial charge in [-0.15, -0.1) is 0 Å². The van der Waals surface area contributed by atoms with Gasteiger partial charge in [-0.1, -0.05) is 13.8 Å². The SMILES string of the molecule is CC(C)CC[C@]1(C(=O)NC2CCC2)C[C@H]2CC[C@@H]1N2C(=O)c1ccc(F)cc1O. The normalized spacial score (nSPS) is 28.6. The number of amides is 2. The third-order valence-electron chi connectivity index (χ3n) is 7.23. The van der Waals surface area contributed by atoms with Crippen molar-refractivity contribution in [3.63, 3.8) is 0 Å². The minimum atomic E-state index is -0.574. The van der Waals surface area contributed by atoms with Crippen LogP contribution in [0.4, 0.5) is 4.39 Å². The summed E-state index contributed by atoms with van der Waals surface area (Å²) in [5, 5.41) is 13.4. The number of carbonyl (C=O) groups is 2. The molecule has 2 N–H and O–H groups in total. The lowest BCUT2D eigenvalue weighted by Gasteiger charge is -2.39. The predicted molar refractivity (Wildman–Crippen MR) is 108 cm³/mol. The van der Waals surface area contributed by atoms with Crippen molar-refractivity contribution in [3.8, 4) is 5.75 Å². The van der Waals surface area contributed by atoms with Crippen LogP contribution in [0.1, 0.15) is 75.6 Å². The zero-order valence-electron chi connectivity index (χ0n) is 17.3. The molecule has 2 heterocycles. The first-order valence-electron chi connectivity index (χ1n) is 10.9. The number of nitrogens with one attached hydrogen (secondary N) is 1. The van der Waals surface area contributed by atoms with E-state index in [9.17, 15) is 19.1 Å². The molecule has 1 aromatic carbocycles. The number of aromatic hydroxyl groups is 1. The fraction of sp³-hybridized carbons (Fsp3) is 0.652. The third kappa shape index (κ3) is 3.51. The molecule has 0 unspecified atom stereocenters. The molecule has 0 spiro atoms. The summed E-state index contributed by atoms with van der Waals surface area (Å²) in [6.07, 6.45) is 7.28. The Hall–Kier alpha value is -2.11. The molecule has 29 heavy (non-hydrogen) atoms. The molecule has 2 saturated heterocycles. The van der Waals surface area contributed by atoms with E-state index >= 15 is 0 Å². The minimum absolute atomic E-state index is 0.00347. The second kappa shape index (κ2) is 7.62. The van der Waals surface area contributed by atoms with Gasteiger partial charge in [-0.3, -0.25) is 9.59 Å².